The first-order chi connectivity index (χ1) is 12.6. The van der Waals surface area contributed by atoms with E-state index in [4.69, 9.17) is 4.74 Å². The number of likely N-dealkylation sites (tertiary alicyclic amines) is 1. The normalized spacial score (nSPS) is 20.0. The highest BCUT2D eigenvalue weighted by atomic mass is 32.1. The molecule has 8 heteroatoms. The van der Waals surface area contributed by atoms with Gasteiger partial charge >= 0.3 is 6.09 Å². The highest BCUT2D eigenvalue weighted by Gasteiger charge is 2.40. The van der Waals surface area contributed by atoms with E-state index in [9.17, 15) is 18.4 Å². The van der Waals surface area contributed by atoms with E-state index in [2.05, 4.69) is 4.98 Å². The molecule has 2 heterocycles. The molecule has 0 N–H and O–H groups in total. The van der Waals surface area contributed by atoms with E-state index in [-0.39, 0.29) is 24.4 Å². The minimum atomic E-state index is -1.18. The smallest absolute Gasteiger partial charge is 0.410 e. The van der Waals surface area contributed by atoms with E-state index in [1.165, 1.54) is 40.5 Å². The third-order valence-corrected chi connectivity index (χ3v) is 4.97. The molecule has 3 rings (SSSR count). The summed E-state index contributed by atoms with van der Waals surface area (Å²) in [6, 6.07) is 4.60. The number of alkyl halides is 1. The lowest BCUT2D eigenvalue weighted by Gasteiger charge is -2.27. The summed E-state index contributed by atoms with van der Waals surface area (Å²) in [4.78, 5) is 30.5. The van der Waals surface area contributed by atoms with Gasteiger partial charge in [0.2, 0.25) is 5.78 Å². The molecule has 144 valence electrons. The average Bonchev–Trinajstić information content (AvgIpc) is 3.20. The van der Waals surface area contributed by atoms with Gasteiger partial charge in [-0.15, -0.1) is 11.3 Å². The lowest BCUT2D eigenvalue weighted by molar-refractivity contribution is 0.0216. The van der Waals surface area contributed by atoms with Crippen molar-refractivity contribution in [1.29, 1.82) is 0 Å². The Kier molecular flexibility index (Phi) is 5.28. The molecule has 5 nitrogen and oxygen atoms in total. The van der Waals surface area contributed by atoms with Gasteiger partial charge in [-0.1, -0.05) is 0 Å². The quantitative estimate of drug-likeness (QED) is 0.718. The molecule has 0 bridgehead atoms. The maximum Gasteiger partial charge on any atom is 0.410 e. The van der Waals surface area contributed by atoms with Crippen molar-refractivity contribution >= 4 is 23.2 Å². The Balaban J connectivity index is 1.80. The van der Waals surface area contributed by atoms with Crippen molar-refractivity contribution in [3.63, 3.8) is 0 Å². The molecule has 1 amide bonds. The zero-order chi connectivity index (χ0) is 19.8. The Hall–Kier alpha value is -2.35. The van der Waals surface area contributed by atoms with Crippen LogP contribution in [0, 0.1) is 5.82 Å². The summed E-state index contributed by atoms with van der Waals surface area (Å²) < 4.78 is 32.4. The Morgan fingerprint density at radius 3 is 2.56 bits per heavy atom. The van der Waals surface area contributed by atoms with E-state index >= 15 is 0 Å². The number of thiazole rings is 1. The number of ether oxygens (including phenoxy) is 1. The molecule has 0 unspecified atom stereocenters. The van der Waals surface area contributed by atoms with Gasteiger partial charge in [-0.05, 0) is 45.0 Å². The van der Waals surface area contributed by atoms with Gasteiger partial charge < -0.3 is 4.74 Å². The fourth-order valence-corrected chi connectivity index (χ4v) is 3.76. The molecule has 1 saturated heterocycles. The maximum absolute atomic E-state index is 14.0. The second-order valence-electron chi connectivity index (χ2n) is 7.39. The van der Waals surface area contributed by atoms with Crippen LogP contribution in [0.15, 0.2) is 29.6 Å². The monoisotopic (exact) mass is 394 g/mol. The van der Waals surface area contributed by atoms with Gasteiger partial charge in [-0.3, -0.25) is 9.69 Å². The molecule has 0 spiro atoms. The van der Waals surface area contributed by atoms with Crippen molar-refractivity contribution in [2.24, 2.45) is 0 Å². The van der Waals surface area contributed by atoms with Crippen molar-refractivity contribution in [3.8, 4) is 0 Å². The summed E-state index contributed by atoms with van der Waals surface area (Å²) in [6.07, 6.45) is -1.67. The summed E-state index contributed by atoms with van der Waals surface area (Å²) in [5.41, 5.74) is -0.192. The second-order valence-corrected chi connectivity index (χ2v) is 8.28. The summed E-state index contributed by atoms with van der Waals surface area (Å²) in [6.45, 7) is 5.16. The number of aromatic nitrogens is 1. The highest BCUT2D eigenvalue weighted by molar-refractivity contribution is 7.10. The number of halogens is 2. The lowest BCUT2D eigenvalue weighted by atomic mass is 10.1. The summed E-state index contributed by atoms with van der Waals surface area (Å²) in [5.74, 6) is -0.783. The molecule has 0 aliphatic carbocycles. The number of carbonyl (C=O) groups is 2. The van der Waals surface area contributed by atoms with Crippen LogP contribution in [-0.4, -0.2) is 40.1 Å². The molecule has 27 heavy (non-hydrogen) atoms. The maximum atomic E-state index is 14.0. The van der Waals surface area contributed by atoms with Crippen LogP contribution in [0.25, 0.3) is 0 Å². The fourth-order valence-electron chi connectivity index (χ4n) is 2.84. The minimum Gasteiger partial charge on any atom is -0.444 e. The molecule has 0 saturated carbocycles. The fraction of sp³-hybridized carbons (Fsp3) is 0.421. The molecule has 1 aromatic carbocycles. The van der Waals surface area contributed by atoms with Gasteiger partial charge in [-0.2, -0.15) is 0 Å². The number of amides is 1. The Labute approximate surface area is 160 Å². The number of hydrogen-bond donors (Lipinski definition) is 0. The molecule has 1 fully saturated rings. The Morgan fingerprint density at radius 2 is 1.93 bits per heavy atom. The highest BCUT2D eigenvalue weighted by Crippen LogP contribution is 2.36. The van der Waals surface area contributed by atoms with Crippen LogP contribution in [0.1, 0.15) is 54.3 Å². The van der Waals surface area contributed by atoms with Crippen molar-refractivity contribution in [1.82, 2.24) is 9.88 Å². The molecular weight excluding hydrogens is 374 g/mol. The second kappa shape index (κ2) is 7.34. The van der Waals surface area contributed by atoms with Gasteiger partial charge in [0.15, 0.2) is 0 Å². The van der Waals surface area contributed by atoms with Crippen molar-refractivity contribution in [2.75, 3.05) is 6.54 Å². The standard InChI is InChI=1S/C19H20F2N2O3S/c1-19(2,3)26-18(25)23-9-13(21)8-15(23)17-22-14(10-27-17)16(24)11-4-6-12(20)7-5-11/h4-7,10,13,15H,8-9H2,1-3H3/t13-,15+/m1/s1. The largest absolute Gasteiger partial charge is 0.444 e. The van der Waals surface area contributed by atoms with E-state index in [1.807, 2.05) is 0 Å². The van der Waals surface area contributed by atoms with E-state index < -0.39 is 29.7 Å². The van der Waals surface area contributed by atoms with Gasteiger partial charge in [0, 0.05) is 17.4 Å². The molecule has 1 aromatic heterocycles. The lowest BCUT2D eigenvalue weighted by Crippen LogP contribution is -2.37. The third-order valence-electron chi connectivity index (χ3n) is 4.02. The number of hydrogen-bond acceptors (Lipinski definition) is 5. The predicted molar refractivity (Wildman–Crippen MR) is 97.1 cm³/mol. The van der Waals surface area contributed by atoms with E-state index in [0.29, 0.717) is 10.6 Å². The molecule has 2 aromatic rings. The molecular formula is C19H20F2N2O3S. The van der Waals surface area contributed by atoms with E-state index in [0.717, 1.165) is 0 Å². The summed E-state index contributed by atoms with van der Waals surface area (Å²) in [5, 5.41) is 2.05. The number of benzene rings is 1. The van der Waals surface area contributed by atoms with Gasteiger partial charge in [0.05, 0.1) is 12.6 Å². The van der Waals surface area contributed by atoms with Crippen molar-refractivity contribution < 1.29 is 23.1 Å². The number of carbonyl (C=O) groups excluding carboxylic acids is 2. The summed E-state index contributed by atoms with van der Waals surface area (Å²) >= 11 is 1.19. The Morgan fingerprint density at radius 1 is 1.26 bits per heavy atom. The topological polar surface area (TPSA) is 59.5 Å². The number of nitrogens with zero attached hydrogens (tertiary/aromatic N) is 2. The van der Waals surface area contributed by atoms with Crippen LogP contribution in [0.5, 0.6) is 0 Å². The zero-order valence-corrected chi connectivity index (χ0v) is 16.1. The van der Waals surface area contributed by atoms with Crippen LogP contribution in [0.2, 0.25) is 0 Å². The average molecular weight is 394 g/mol. The van der Waals surface area contributed by atoms with Crippen LogP contribution < -0.4 is 0 Å². The molecule has 1 aliphatic rings. The van der Waals surface area contributed by atoms with Gasteiger partial charge in [-0.25, -0.2) is 18.6 Å². The van der Waals surface area contributed by atoms with Crippen LogP contribution in [-0.2, 0) is 4.74 Å². The first-order valence-electron chi connectivity index (χ1n) is 8.53. The Bertz CT molecular complexity index is 845. The zero-order valence-electron chi connectivity index (χ0n) is 15.2. The van der Waals surface area contributed by atoms with Crippen molar-refractivity contribution in [3.05, 3.63) is 51.7 Å². The van der Waals surface area contributed by atoms with Crippen molar-refractivity contribution in [2.45, 2.75) is 45.0 Å². The molecule has 2 atom stereocenters. The molecule has 1 aliphatic heterocycles. The van der Waals surface area contributed by atoms with E-state index in [1.54, 1.807) is 26.2 Å². The number of rotatable bonds is 3. The van der Waals surface area contributed by atoms with Gasteiger partial charge in [0.1, 0.15) is 28.3 Å². The minimum absolute atomic E-state index is 0.0690. The predicted octanol–water partition coefficient (Wildman–Crippen LogP) is 4.53. The first-order valence-corrected chi connectivity index (χ1v) is 9.41. The third kappa shape index (κ3) is 4.50. The SMILES string of the molecule is CC(C)(C)OC(=O)N1C[C@H](F)C[C@H]1c1nc(C(=O)c2ccc(F)cc2)cs1. The van der Waals surface area contributed by atoms with Crippen LogP contribution in [0.4, 0.5) is 13.6 Å². The summed E-state index contributed by atoms with van der Waals surface area (Å²) in [7, 11) is 0. The van der Waals surface area contributed by atoms with Crippen LogP contribution >= 0.6 is 11.3 Å². The number of ketones is 1. The molecule has 0 radical (unpaired) electrons. The van der Waals surface area contributed by atoms with Crippen LogP contribution in [0.3, 0.4) is 0 Å². The van der Waals surface area contributed by atoms with Gasteiger partial charge in [0.25, 0.3) is 0 Å². The first kappa shape index (κ1) is 19.4.